The molecule has 1 rings (SSSR count). The van der Waals surface area contributed by atoms with Gasteiger partial charge in [-0.05, 0) is 18.8 Å². The third kappa shape index (κ3) is 3.68. The molecule has 1 aliphatic heterocycles. The Morgan fingerprint density at radius 1 is 1.55 bits per heavy atom. The van der Waals surface area contributed by atoms with E-state index in [1.807, 2.05) is 0 Å². The highest BCUT2D eigenvalue weighted by Crippen LogP contribution is 2.11. The summed E-state index contributed by atoms with van der Waals surface area (Å²) in [4.78, 5) is 0. The largest absolute Gasteiger partial charge is 0.381 e. The fourth-order valence-electron chi connectivity index (χ4n) is 1.34. The molecule has 1 N–H and O–H groups in total. The molecule has 1 unspecified atom stereocenters. The van der Waals surface area contributed by atoms with Crippen molar-refractivity contribution in [3.05, 3.63) is 0 Å². The van der Waals surface area contributed by atoms with Crippen LogP contribution in [0.15, 0.2) is 0 Å². The van der Waals surface area contributed by atoms with E-state index in [0.717, 1.165) is 26.2 Å². The van der Waals surface area contributed by atoms with E-state index in [0.29, 0.717) is 12.5 Å². The average Bonchev–Trinajstić information content (AvgIpc) is 2.07. The molecule has 11 heavy (non-hydrogen) atoms. The minimum atomic E-state index is -0.270. The number of hydrogen-bond acceptors (Lipinski definition) is 2. The maximum absolute atomic E-state index is 11.7. The standard InChI is InChI=1S/C8H16FNO/c9-3-4-10-6-8-2-1-5-11-7-8/h8,10H,1-7H2. The summed E-state index contributed by atoms with van der Waals surface area (Å²) in [7, 11) is 0. The van der Waals surface area contributed by atoms with Crippen LogP contribution >= 0.6 is 0 Å². The normalized spacial score (nSPS) is 25.4. The molecule has 0 aromatic rings. The lowest BCUT2D eigenvalue weighted by Crippen LogP contribution is -2.30. The van der Waals surface area contributed by atoms with Crippen molar-refractivity contribution >= 4 is 0 Å². The zero-order valence-corrected chi connectivity index (χ0v) is 6.81. The van der Waals surface area contributed by atoms with Crippen molar-refractivity contribution in [2.24, 2.45) is 5.92 Å². The summed E-state index contributed by atoms with van der Waals surface area (Å²) in [6.07, 6.45) is 2.38. The Kier molecular flexibility index (Phi) is 4.47. The molecular formula is C8H16FNO. The lowest BCUT2D eigenvalue weighted by atomic mass is 10.0. The van der Waals surface area contributed by atoms with Crippen LogP contribution < -0.4 is 5.32 Å². The zero-order valence-electron chi connectivity index (χ0n) is 6.81. The molecule has 1 heterocycles. The van der Waals surface area contributed by atoms with Gasteiger partial charge in [0.25, 0.3) is 0 Å². The van der Waals surface area contributed by atoms with Gasteiger partial charge in [-0.1, -0.05) is 0 Å². The molecule has 66 valence electrons. The Morgan fingerprint density at radius 3 is 3.09 bits per heavy atom. The van der Waals surface area contributed by atoms with Gasteiger partial charge in [0.15, 0.2) is 0 Å². The van der Waals surface area contributed by atoms with Crippen molar-refractivity contribution in [1.29, 1.82) is 0 Å². The van der Waals surface area contributed by atoms with E-state index in [-0.39, 0.29) is 6.67 Å². The van der Waals surface area contributed by atoms with Crippen molar-refractivity contribution in [1.82, 2.24) is 5.32 Å². The molecule has 0 aromatic carbocycles. The van der Waals surface area contributed by atoms with E-state index >= 15 is 0 Å². The van der Waals surface area contributed by atoms with Crippen LogP contribution in [-0.2, 0) is 4.74 Å². The van der Waals surface area contributed by atoms with Crippen molar-refractivity contribution < 1.29 is 9.13 Å². The maximum atomic E-state index is 11.7. The number of halogens is 1. The highest BCUT2D eigenvalue weighted by Gasteiger charge is 2.12. The van der Waals surface area contributed by atoms with Crippen LogP contribution in [0.3, 0.4) is 0 Å². The monoisotopic (exact) mass is 161 g/mol. The summed E-state index contributed by atoms with van der Waals surface area (Å²) in [5.74, 6) is 0.607. The van der Waals surface area contributed by atoms with Crippen LogP contribution in [0.1, 0.15) is 12.8 Å². The van der Waals surface area contributed by atoms with Gasteiger partial charge in [0, 0.05) is 19.7 Å². The number of rotatable bonds is 4. The van der Waals surface area contributed by atoms with Crippen LogP contribution in [0.25, 0.3) is 0 Å². The second kappa shape index (κ2) is 5.49. The third-order valence-electron chi connectivity index (χ3n) is 1.96. The second-order valence-corrected chi connectivity index (χ2v) is 2.98. The van der Waals surface area contributed by atoms with Crippen LogP contribution in [0.4, 0.5) is 4.39 Å². The minimum Gasteiger partial charge on any atom is -0.381 e. The van der Waals surface area contributed by atoms with Gasteiger partial charge in [0.1, 0.15) is 6.67 Å². The van der Waals surface area contributed by atoms with E-state index in [9.17, 15) is 4.39 Å². The smallest absolute Gasteiger partial charge is 0.102 e. The second-order valence-electron chi connectivity index (χ2n) is 2.98. The Bertz CT molecular complexity index is 94.1. The molecule has 0 bridgehead atoms. The molecule has 0 spiro atoms. The number of hydrogen-bond donors (Lipinski definition) is 1. The average molecular weight is 161 g/mol. The van der Waals surface area contributed by atoms with Gasteiger partial charge in [-0.25, -0.2) is 4.39 Å². The molecule has 0 saturated carbocycles. The van der Waals surface area contributed by atoms with Crippen LogP contribution in [0, 0.1) is 5.92 Å². The fourth-order valence-corrected chi connectivity index (χ4v) is 1.34. The van der Waals surface area contributed by atoms with Crippen LogP contribution in [0.2, 0.25) is 0 Å². The van der Waals surface area contributed by atoms with Crippen LogP contribution in [0.5, 0.6) is 0 Å². The molecule has 2 nitrogen and oxygen atoms in total. The summed E-state index contributed by atoms with van der Waals surface area (Å²) in [5, 5.41) is 3.05. The van der Waals surface area contributed by atoms with Crippen molar-refractivity contribution in [3.8, 4) is 0 Å². The number of ether oxygens (including phenoxy) is 1. The van der Waals surface area contributed by atoms with Gasteiger partial charge in [-0.2, -0.15) is 0 Å². The minimum absolute atomic E-state index is 0.270. The van der Waals surface area contributed by atoms with Gasteiger partial charge in [0.05, 0.1) is 6.61 Å². The van der Waals surface area contributed by atoms with Gasteiger partial charge >= 0.3 is 0 Å². The summed E-state index contributed by atoms with van der Waals surface area (Å²) < 4.78 is 16.9. The number of nitrogens with one attached hydrogen (secondary N) is 1. The van der Waals surface area contributed by atoms with Gasteiger partial charge in [0.2, 0.25) is 0 Å². The number of alkyl halides is 1. The Balaban J connectivity index is 1.96. The van der Waals surface area contributed by atoms with Crippen molar-refractivity contribution in [2.75, 3.05) is 33.0 Å². The molecule has 1 atom stereocenters. The van der Waals surface area contributed by atoms with Crippen LogP contribution in [-0.4, -0.2) is 33.0 Å². The quantitative estimate of drug-likeness (QED) is 0.620. The van der Waals surface area contributed by atoms with E-state index in [1.54, 1.807) is 0 Å². The lowest BCUT2D eigenvalue weighted by molar-refractivity contribution is 0.0548. The Hall–Kier alpha value is -0.150. The molecular weight excluding hydrogens is 145 g/mol. The highest BCUT2D eigenvalue weighted by molar-refractivity contribution is 4.65. The van der Waals surface area contributed by atoms with E-state index in [2.05, 4.69) is 5.32 Å². The predicted octanol–water partition coefficient (Wildman–Crippen LogP) is 0.972. The Morgan fingerprint density at radius 2 is 2.45 bits per heavy atom. The molecule has 1 fully saturated rings. The van der Waals surface area contributed by atoms with Gasteiger partial charge < -0.3 is 10.1 Å². The van der Waals surface area contributed by atoms with E-state index in [1.165, 1.54) is 6.42 Å². The first-order valence-electron chi connectivity index (χ1n) is 4.28. The molecule has 3 heteroatoms. The zero-order chi connectivity index (χ0) is 7.94. The lowest BCUT2D eigenvalue weighted by Gasteiger charge is -2.21. The first kappa shape index (κ1) is 8.94. The van der Waals surface area contributed by atoms with Gasteiger partial charge in [-0.3, -0.25) is 0 Å². The molecule has 0 aliphatic carbocycles. The first-order chi connectivity index (χ1) is 5.43. The molecule has 1 aliphatic rings. The first-order valence-corrected chi connectivity index (χ1v) is 4.28. The Labute approximate surface area is 67.1 Å². The SMILES string of the molecule is FCCNCC1CCCOC1. The highest BCUT2D eigenvalue weighted by atomic mass is 19.1. The summed E-state index contributed by atoms with van der Waals surface area (Å²) in [5.41, 5.74) is 0. The molecule has 0 amide bonds. The van der Waals surface area contributed by atoms with Crippen molar-refractivity contribution in [3.63, 3.8) is 0 Å². The molecule has 1 saturated heterocycles. The van der Waals surface area contributed by atoms with E-state index in [4.69, 9.17) is 4.74 Å². The van der Waals surface area contributed by atoms with E-state index < -0.39 is 0 Å². The predicted molar refractivity (Wildman–Crippen MR) is 42.4 cm³/mol. The summed E-state index contributed by atoms with van der Waals surface area (Å²) >= 11 is 0. The topological polar surface area (TPSA) is 21.3 Å². The third-order valence-corrected chi connectivity index (χ3v) is 1.96. The molecule has 0 radical (unpaired) electrons. The van der Waals surface area contributed by atoms with Crippen molar-refractivity contribution in [2.45, 2.75) is 12.8 Å². The van der Waals surface area contributed by atoms with Gasteiger partial charge in [-0.15, -0.1) is 0 Å². The summed E-state index contributed by atoms with van der Waals surface area (Å²) in [6.45, 7) is 2.87. The summed E-state index contributed by atoms with van der Waals surface area (Å²) in [6, 6.07) is 0. The fraction of sp³-hybridized carbons (Fsp3) is 1.00. The molecule has 0 aromatic heterocycles. The maximum Gasteiger partial charge on any atom is 0.102 e.